The SMILES string of the molecule is CCOc1cc(C=N/N=C2/NC(=O)/C(=C\C(=O)OC)S2)c(Br)cc1OCc1ccccc1. The van der Waals surface area contributed by atoms with Crippen LogP contribution in [0.25, 0.3) is 0 Å². The highest BCUT2D eigenvalue weighted by Gasteiger charge is 2.25. The second-order valence-electron chi connectivity index (χ2n) is 6.27. The molecule has 3 rings (SSSR count). The van der Waals surface area contributed by atoms with Gasteiger partial charge in [0.05, 0.1) is 24.8 Å². The maximum absolute atomic E-state index is 11.9. The second-order valence-corrected chi connectivity index (χ2v) is 8.15. The molecule has 10 heteroatoms. The topological polar surface area (TPSA) is 98.6 Å². The van der Waals surface area contributed by atoms with Gasteiger partial charge in [-0.3, -0.25) is 10.1 Å². The lowest BCUT2D eigenvalue weighted by Gasteiger charge is -2.14. The zero-order chi connectivity index (χ0) is 22.9. The monoisotopic (exact) mass is 517 g/mol. The molecular weight excluding hydrogens is 498 g/mol. The highest BCUT2D eigenvalue weighted by molar-refractivity contribution is 9.10. The molecule has 32 heavy (non-hydrogen) atoms. The number of carbonyl (C=O) groups is 2. The van der Waals surface area contributed by atoms with Gasteiger partial charge in [0.15, 0.2) is 16.7 Å². The van der Waals surface area contributed by atoms with Crippen LogP contribution in [0, 0.1) is 0 Å². The summed E-state index contributed by atoms with van der Waals surface area (Å²) in [6.07, 6.45) is 2.63. The molecule has 1 heterocycles. The van der Waals surface area contributed by atoms with Crippen LogP contribution in [-0.4, -0.2) is 37.0 Å². The highest BCUT2D eigenvalue weighted by atomic mass is 79.9. The van der Waals surface area contributed by atoms with Gasteiger partial charge in [-0.15, -0.1) is 5.10 Å². The van der Waals surface area contributed by atoms with E-state index in [1.165, 1.54) is 13.3 Å². The summed E-state index contributed by atoms with van der Waals surface area (Å²) in [7, 11) is 1.24. The normalized spacial score (nSPS) is 15.9. The van der Waals surface area contributed by atoms with Crippen molar-refractivity contribution < 1.29 is 23.8 Å². The van der Waals surface area contributed by atoms with E-state index in [2.05, 4.69) is 36.2 Å². The molecule has 0 aliphatic carbocycles. The second kappa shape index (κ2) is 11.5. The fourth-order valence-electron chi connectivity index (χ4n) is 2.55. The number of hydrogen-bond donors (Lipinski definition) is 1. The van der Waals surface area contributed by atoms with Crippen LogP contribution in [-0.2, 0) is 20.9 Å². The van der Waals surface area contributed by atoms with E-state index in [9.17, 15) is 9.59 Å². The molecule has 1 amide bonds. The Morgan fingerprint density at radius 1 is 1.19 bits per heavy atom. The number of rotatable bonds is 8. The Bertz CT molecular complexity index is 1090. The molecule has 166 valence electrons. The van der Waals surface area contributed by atoms with Crippen molar-refractivity contribution in [2.75, 3.05) is 13.7 Å². The summed E-state index contributed by atoms with van der Waals surface area (Å²) in [6, 6.07) is 13.4. The maximum atomic E-state index is 11.9. The van der Waals surface area contributed by atoms with E-state index in [1.54, 1.807) is 6.07 Å². The van der Waals surface area contributed by atoms with Gasteiger partial charge in [-0.2, -0.15) is 5.10 Å². The molecule has 0 atom stereocenters. The number of halogens is 1. The highest BCUT2D eigenvalue weighted by Crippen LogP contribution is 2.34. The number of hydrogen-bond acceptors (Lipinski definition) is 8. The van der Waals surface area contributed by atoms with Crippen LogP contribution in [0.15, 0.2) is 68.1 Å². The van der Waals surface area contributed by atoms with Crippen LogP contribution < -0.4 is 14.8 Å². The van der Waals surface area contributed by atoms with E-state index in [1.807, 2.05) is 43.3 Å². The summed E-state index contributed by atoms with van der Waals surface area (Å²) in [5.41, 5.74) is 1.76. The largest absolute Gasteiger partial charge is 0.490 e. The van der Waals surface area contributed by atoms with Gasteiger partial charge >= 0.3 is 5.97 Å². The van der Waals surface area contributed by atoms with Crippen LogP contribution in [0.3, 0.4) is 0 Å². The zero-order valence-corrected chi connectivity index (χ0v) is 19.7. The first-order chi connectivity index (χ1) is 15.5. The average molecular weight is 518 g/mol. The Kier molecular flexibility index (Phi) is 8.46. The molecule has 0 radical (unpaired) electrons. The first kappa shape index (κ1) is 23.6. The van der Waals surface area contributed by atoms with Gasteiger partial charge in [-0.1, -0.05) is 30.3 Å². The van der Waals surface area contributed by atoms with Crippen molar-refractivity contribution in [3.8, 4) is 11.5 Å². The molecule has 1 aliphatic rings. The number of benzene rings is 2. The number of methoxy groups -OCH3 is 1. The number of esters is 1. The average Bonchev–Trinajstić information content (AvgIpc) is 3.14. The van der Waals surface area contributed by atoms with Crippen molar-refractivity contribution in [1.29, 1.82) is 0 Å². The lowest BCUT2D eigenvalue weighted by Crippen LogP contribution is -2.19. The van der Waals surface area contributed by atoms with E-state index in [-0.39, 0.29) is 10.1 Å². The fraction of sp³-hybridized carbons (Fsp3) is 0.182. The molecule has 8 nitrogen and oxygen atoms in total. The summed E-state index contributed by atoms with van der Waals surface area (Å²) in [4.78, 5) is 23.4. The molecule has 2 aromatic carbocycles. The summed E-state index contributed by atoms with van der Waals surface area (Å²) in [5.74, 6) is 0.123. The van der Waals surface area contributed by atoms with Gasteiger partial charge in [0.1, 0.15) is 6.61 Å². The quantitative estimate of drug-likeness (QED) is 0.245. The smallest absolute Gasteiger partial charge is 0.331 e. The standard InChI is InChI=1S/C22H20BrN3O5S/c1-3-30-17-9-15(16(23)10-18(17)31-13-14-7-5-4-6-8-14)12-24-26-22-25-21(28)19(32-22)11-20(27)29-2/h4-12H,3,13H2,1-2H3,(H,25,26,28)/b19-11+,24-12?. The van der Waals surface area contributed by atoms with Crippen molar-refractivity contribution in [2.24, 2.45) is 10.2 Å². The van der Waals surface area contributed by atoms with Gasteiger partial charge < -0.3 is 14.2 Å². The number of thioether (sulfide) groups is 1. The molecule has 1 saturated heterocycles. The van der Waals surface area contributed by atoms with Crippen molar-refractivity contribution in [3.63, 3.8) is 0 Å². The molecule has 2 aromatic rings. The molecule has 0 unspecified atom stereocenters. The molecule has 0 saturated carbocycles. The lowest BCUT2D eigenvalue weighted by molar-refractivity contribution is -0.135. The van der Waals surface area contributed by atoms with Gasteiger partial charge in [0, 0.05) is 16.1 Å². The molecule has 0 spiro atoms. The predicted molar refractivity (Wildman–Crippen MR) is 127 cm³/mol. The minimum atomic E-state index is -0.616. The number of amides is 1. The van der Waals surface area contributed by atoms with Crippen molar-refractivity contribution in [2.45, 2.75) is 13.5 Å². The minimum absolute atomic E-state index is 0.186. The lowest BCUT2D eigenvalue weighted by atomic mass is 10.2. The number of nitrogens with one attached hydrogen (secondary N) is 1. The van der Waals surface area contributed by atoms with Crippen molar-refractivity contribution in [3.05, 3.63) is 69.0 Å². The van der Waals surface area contributed by atoms with Gasteiger partial charge in [0.25, 0.3) is 5.91 Å². The van der Waals surface area contributed by atoms with E-state index in [4.69, 9.17) is 9.47 Å². The number of nitrogens with zero attached hydrogens (tertiary/aromatic N) is 2. The van der Waals surface area contributed by atoms with Gasteiger partial charge in [-0.05, 0) is 52.3 Å². The summed E-state index contributed by atoms with van der Waals surface area (Å²) >= 11 is 4.52. The van der Waals surface area contributed by atoms with E-state index >= 15 is 0 Å². The van der Waals surface area contributed by atoms with Crippen LogP contribution in [0.5, 0.6) is 11.5 Å². The summed E-state index contributed by atoms with van der Waals surface area (Å²) < 4.78 is 16.9. The molecule has 0 bridgehead atoms. The van der Waals surface area contributed by atoms with Crippen LogP contribution in [0.2, 0.25) is 0 Å². The molecule has 0 aromatic heterocycles. The Labute approximate surface area is 197 Å². The van der Waals surface area contributed by atoms with E-state index in [0.29, 0.717) is 30.3 Å². The van der Waals surface area contributed by atoms with Crippen molar-refractivity contribution >= 4 is 51.0 Å². The van der Waals surface area contributed by atoms with Gasteiger partial charge in [-0.25, -0.2) is 4.79 Å². The van der Waals surface area contributed by atoms with Crippen molar-refractivity contribution in [1.82, 2.24) is 5.32 Å². The number of ether oxygens (including phenoxy) is 3. The molecule has 1 aliphatic heterocycles. The fourth-order valence-corrected chi connectivity index (χ4v) is 3.71. The zero-order valence-electron chi connectivity index (χ0n) is 17.3. The number of carbonyl (C=O) groups excluding carboxylic acids is 2. The minimum Gasteiger partial charge on any atom is -0.490 e. The summed E-state index contributed by atoms with van der Waals surface area (Å²) in [5, 5.41) is 10.8. The van der Waals surface area contributed by atoms with E-state index < -0.39 is 11.9 Å². The molecule has 1 fully saturated rings. The van der Waals surface area contributed by atoms with Crippen LogP contribution in [0.4, 0.5) is 0 Å². The first-order valence-electron chi connectivity index (χ1n) is 9.53. The third-order valence-corrected chi connectivity index (χ3v) is 5.63. The van der Waals surface area contributed by atoms with E-state index in [0.717, 1.165) is 27.9 Å². The Morgan fingerprint density at radius 3 is 2.66 bits per heavy atom. The Morgan fingerprint density at radius 2 is 1.94 bits per heavy atom. The Hall–Kier alpha value is -3.11. The van der Waals surface area contributed by atoms with Crippen LogP contribution in [0.1, 0.15) is 18.1 Å². The van der Waals surface area contributed by atoms with Crippen LogP contribution >= 0.6 is 27.7 Å². The third kappa shape index (κ3) is 6.44. The Balaban J connectivity index is 1.73. The maximum Gasteiger partial charge on any atom is 0.331 e. The molecular formula is C22H20BrN3O5S. The number of amidine groups is 1. The third-order valence-electron chi connectivity index (χ3n) is 4.05. The summed E-state index contributed by atoms with van der Waals surface area (Å²) in [6.45, 7) is 2.77. The predicted octanol–water partition coefficient (Wildman–Crippen LogP) is 4.04. The molecule has 1 N–H and O–H groups in total. The first-order valence-corrected chi connectivity index (χ1v) is 11.1. The van der Waals surface area contributed by atoms with Gasteiger partial charge in [0.2, 0.25) is 0 Å².